The number of hydrogen-bond donors (Lipinski definition) is 2. The Kier molecular flexibility index (Phi) is 5.78. The lowest BCUT2D eigenvalue weighted by Gasteiger charge is -2.14. The molecule has 1 aliphatic heterocycles. The molecule has 0 radical (unpaired) electrons. The van der Waals surface area contributed by atoms with Crippen molar-refractivity contribution in [2.75, 3.05) is 11.6 Å². The van der Waals surface area contributed by atoms with Gasteiger partial charge in [-0.25, -0.2) is 5.01 Å². The van der Waals surface area contributed by atoms with Crippen molar-refractivity contribution < 1.29 is 19.4 Å². The quantitative estimate of drug-likeness (QED) is 0.466. The van der Waals surface area contributed by atoms with E-state index >= 15 is 0 Å². The van der Waals surface area contributed by atoms with E-state index in [2.05, 4.69) is 37.3 Å². The first-order chi connectivity index (χ1) is 12.8. The number of amides is 2. The molecule has 3 rings (SSSR count). The number of phenolic OH excluding ortho intramolecular Hbond substituents is 1. The number of benzene rings is 2. The van der Waals surface area contributed by atoms with Gasteiger partial charge in [0.15, 0.2) is 11.5 Å². The van der Waals surface area contributed by atoms with Gasteiger partial charge in [0.25, 0.3) is 11.8 Å². The molecule has 27 heavy (non-hydrogen) atoms. The van der Waals surface area contributed by atoms with Crippen LogP contribution >= 0.6 is 43.5 Å². The van der Waals surface area contributed by atoms with Crippen molar-refractivity contribution in [2.24, 2.45) is 0 Å². The van der Waals surface area contributed by atoms with E-state index in [-0.39, 0.29) is 17.1 Å². The van der Waals surface area contributed by atoms with Gasteiger partial charge in [-0.1, -0.05) is 17.7 Å². The van der Waals surface area contributed by atoms with Crippen molar-refractivity contribution in [3.63, 3.8) is 0 Å². The molecule has 9 heteroatoms. The van der Waals surface area contributed by atoms with E-state index in [0.717, 1.165) is 5.01 Å². The summed E-state index contributed by atoms with van der Waals surface area (Å²) in [5, 5.41) is 11.7. The molecule has 0 saturated carbocycles. The fourth-order valence-electron chi connectivity index (χ4n) is 2.49. The van der Waals surface area contributed by atoms with Gasteiger partial charge < -0.3 is 9.84 Å². The van der Waals surface area contributed by atoms with Crippen LogP contribution in [0, 0.1) is 0 Å². The smallest absolute Gasteiger partial charge is 0.282 e. The van der Waals surface area contributed by atoms with Crippen LogP contribution in [0.25, 0.3) is 6.08 Å². The number of aromatic hydroxyl groups is 1. The predicted molar refractivity (Wildman–Crippen MR) is 110 cm³/mol. The number of carbonyl (C=O) groups is 2. The zero-order chi connectivity index (χ0) is 19.7. The lowest BCUT2D eigenvalue weighted by Crippen LogP contribution is -2.35. The summed E-state index contributed by atoms with van der Waals surface area (Å²) in [5.74, 6) is -0.907. The summed E-state index contributed by atoms with van der Waals surface area (Å²) in [6.45, 7) is 2.13. The molecule has 2 aromatic carbocycles. The number of anilines is 1. The number of carbonyl (C=O) groups excluding carboxylic acids is 2. The van der Waals surface area contributed by atoms with Crippen LogP contribution in [0.2, 0.25) is 5.02 Å². The van der Waals surface area contributed by atoms with E-state index in [0.29, 0.717) is 31.8 Å². The summed E-state index contributed by atoms with van der Waals surface area (Å²) < 4.78 is 6.24. The molecule has 1 fully saturated rings. The Labute approximate surface area is 177 Å². The summed E-state index contributed by atoms with van der Waals surface area (Å²) in [7, 11) is 0. The van der Waals surface area contributed by atoms with Crippen molar-refractivity contribution in [1.29, 1.82) is 0 Å². The van der Waals surface area contributed by atoms with Crippen molar-refractivity contribution in [1.82, 2.24) is 5.43 Å². The van der Waals surface area contributed by atoms with Crippen LogP contribution in [-0.4, -0.2) is 23.5 Å². The summed E-state index contributed by atoms with van der Waals surface area (Å²) in [6, 6.07) is 8.13. The highest BCUT2D eigenvalue weighted by Crippen LogP contribution is 2.42. The average Bonchev–Trinajstić information content (AvgIpc) is 2.92. The average molecular weight is 517 g/mol. The van der Waals surface area contributed by atoms with Gasteiger partial charge in [-0.05, 0) is 74.7 Å². The van der Waals surface area contributed by atoms with Gasteiger partial charge in [0.2, 0.25) is 0 Å². The molecule has 0 aliphatic carbocycles. The number of ether oxygens (including phenoxy) is 1. The van der Waals surface area contributed by atoms with Gasteiger partial charge in [0.1, 0.15) is 5.57 Å². The largest absolute Gasteiger partial charge is 0.503 e. The van der Waals surface area contributed by atoms with Gasteiger partial charge >= 0.3 is 0 Å². The van der Waals surface area contributed by atoms with Crippen molar-refractivity contribution in [3.8, 4) is 11.5 Å². The van der Waals surface area contributed by atoms with Gasteiger partial charge in [0.05, 0.1) is 16.8 Å². The maximum Gasteiger partial charge on any atom is 0.282 e. The minimum atomic E-state index is -0.547. The molecule has 0 spiro atoms. The molecule has 0 aromatic heterocycles. The Morgan fingerprint density at radius 3 is 2.67 bits per heavy atom. The molecule has 140 valence electrons. The van der Waals surface area contributed by atoms with E-state index in [1.54, 1.807) is 37.3 Å². The van der Waals surface area contributed by atoms with Crippen molar-refractivity contribution in [2.45, 2.75) is 6.92 Å². The number of hydrazine groups is 1. The molecule has 2 N–H and O–H groups in total. The number of halogens is 3. The summed E-state index contributed by atoms with van der Waals surface area (Å²) in [5.41, 5.74) is 3.40. The molecular formula is C18H13Br2ClN2O4. The third-order valence-electron chi connectivity index (χ3n) is 3.73. The Hall–Kier alpha value is -2.03. The first-order valence-electron chi connectivity index (χ1n) is 7.80. The van der Waals surface area contributed by atoms with Crippen LogP contribution in [0.3, 0.4) is 0 Å². The maximum atomic E-state index is 12.7. The highest BCUT2D eigenvalue weighted by molar-refractivity contribution is 9.13. The SMILES string of the molecule is CCOc1cc(C=C2C(=O)NN(c3cccc(Cl)c3)C2=O)c(Br)c(Br)c1O. The zero-order valence-corrected chi connectivity index (χ0v) is 17.9. The van der Waals surface area contributed by atoms with Crippen molar-refractivity contribution >= 4 is 67.0 Å². The van der Waals surface area contributed by atoms with E-state index in [1.165, 1.54) is 6.08 Å². The van der Waals surface area contributed by atoms with Crippen LogP contribution in [-0.2, 0) is 9.59 Å². The topological polar surface area (TPSA) is 78.9 Å². The second-order valence-electron chi connectivity index (χ2n) is 5.49. The molecule has 1 saturated heterocycles. The van der Waals surface area contributed by atoms with Crippen LogP contribution in [0.4, 0.5) is 5.69 Å². The fraction of sp³-hybridized carbons (Fsp3) is 0.111. The standard InChI is InChI=1S/C18H13Br2ClN2O4/c1-2-27-13-7-9(14(19)15(20)16(13)24)6-12-17(25)22-23(18(12)26)11-5-3-4-10(21)8-11/h3-8,24H,2H2,1H3,(H,22,25). The fourth-order valence-corrected chi connectivity index (χ4v) is 3.52. The lowest BCUT2D eigenvalue weighted by molar-refractivity contribution is -0.117. The van der Waals surface area contributed by atoms with E-state index in [1.807, 2.05) is 0 Å². The molecule has 1 aliphatic rings. The minimum Gasteiger partial charge on any atom is -0.503 e. The molecule has 1 heterocycles. The normalized spacial score (nSPS) is 15.4. The molecule has 2 aromatic rings. The number of hydrogen-bond acceptors (Lipinski definition) is 4. The van der Waals surface area contributed by atoms with Crippen molar-refractivity contribution in [3.05, 3.63) is 55.4 Å². The second-order valence-corrected chi connectivity index (χ2v) is 7.52. The Balaban J connectivity index is 2.02. The van der Waals surface area contributed by atoms with Crippen LogP contribution in [0.15, 0.2) is 44.9 Å². The lowest BCUT2D eigenvalue weighted by atomic mass is 10.1. The van der Waals surface area contributed by atoms with Gasteiger partial charge in [0, 0.05) is 9.50 Å². The number of phenols is 1. The number of nitrogens with one attached hydrogen (secondary N) is 1. The zero-order valence-electron chi connectivity index (χ0n) is 13.9. The predicted octanol–water partition coefficient (Wildman–Crippen LogP) is 4.43. The Morgan fingerprint density at radius 1 is 1.26 bits per heavy atom. The van der Waals surface area contributed by atoms with E-state index in [4.69, 9.17) is 16.3 Å². The van der Waals surface area contributed by atoms with E-state index in [9.17, 15) is 14.7 Å². The first-order valence-corrected chi connectivity index (χ1v) is 9.76. The molecular weight excluding hydrogens is 503 g/mol. The molecule has 2 amide bonds. The second kappa shape index (κ2) is 7.92. The third-order valence-corrected chi connectivity index (χ3v) is 6.13. The summed E-state index contributed by atoms with van der Waals surface area (Å²) in [6.07, 6.45) is 1.43. The molecule has 0 atom stereocenters. The maximum absolute atomic E-state index is 12.7. The molecule has 0 bridgehead atoms. The molecule has 0 unspecified atom stereocenters. The van der Waals surface area contributed by atoms with Crippen LogP contribution in [0.5, 0.6) is 11.5 Å². The van der Waals surface area contributed by atoms with Gasteiger partial charge in [-0.15, -0.1) is 0 Å². The number of rotatable bonds is 4. The van der Waals surface area contributed by atoms with Gasteiger partial charge in [-0.3, -0.25) is 15.0 Å². The Morgan fingerprint density at radius 2 is 2.00 bits per heavy atom. The summed E-state index contributed by atoms with van der Waals surface area (Å²) in [4.78, 5) is 25.1. The van der Waals surface area contributed by atoms with E-state index < -0.39 is 11.8 Å². The first kappa shape index (κ1) is 19.7. The highest BCUT2D eigenvalue weighted by Gasteiger charge is 2.35. The number of nitrogens with zero attached hydrogens (tertiary/aromatic N) is 1. The van der Waals surface area contributed by atoms with Gasteiger partial charge in [-0.2, -0.15) is 0 Å². The van der Waals surface area contributed by atoms with Crippen LogP contribution < -0.4 is 15.2 Å². The summed E-state index contributed by atoms with van der Waals surface area (Å²) >= 11 is 12.6. The monoisotopic (exact) mass is 514 g/mol. The highest BCUT2D eigenvalue weighted by atomic mass is 79.9. The molecule has 6 nitrogen and oxygen atoms in total. The van der Waals surface area contributed by atoms with Crippen LogP contribution in [0.1, 0.15) is 12.5 Å². The minimum absolute atomic E-state index is 0.0595. The Bertz CT molecular complexity index is 978. The third kappa shape index (κ3) is 3.83.